The van der Waals surface area contributed by atoms with Gasteiger partial charge < -0.3 is 20.8 Å². The van der Waals surface area contributed by atoms with Gasteiger partial charge in [0.2, 0.25) is 5.91 Å². The molecule has 1 aliphatic rings. The highest BCUT2D eigenvalue weighted by atomic mass is 19.4. The van der Waals surface area contributed by atoms with Gasteiger partial charge in [-0.05, 0) is 41.5 Å². The number of carbonyl (C=O) groups is 2. The van der Waals surface area contributed by atoms with Crippen molar-refractivity contribution in [3.05, 3.63) is 70.0 Å². The summed E-state index contributed by atoms with van der Waals surface area (Å²) in [6, 6.07) is 10.2. The number of carbonyl (C=O) groups excluding carboxylic acids is 2. The molecule has 3 atom stereocenters. The lowest BCUT2D eigenvalue weighted by Gasteiger charge is -2.16. The molecule has 0 aliphatic carbocycles. The molecule has 1 fully saturated rings. The van der Waals surface area contributed by atoms with E-state index in [1.807, 2.05) is 0 Å². The first-order chi connectivity index (χ1) is 17.0. The highest BCUT2D eigenvalue weighted by Crippen LogP contribution is 2.37. The van der Waals surface area contributed by atoms with Crippen LogP contribution in [0.1, 0.15) is 37.3 Å². The number of nitrogens with one attached hydrogen (secondary N) is 2. The van der Waals surface area contributed by atoms with Crippen molar-refractivity contribution in [2.24, 2.45) is 11.7 Å². The van der Waals surface area contributed by atoms with E-state index in [1.54, 1.807) is 32.0 Å². The Labute approximate surface area is 204 Å². The number of hydrogen-bond donors (Lipinski definition) is 3. The van der Waals surface area contributed by atoms with Crippen LogP contribution in [0.3, 0.4) is 0 Å². The van der Waals surface area contributed by atoms with Crippen LogP contribution in [0.2, 0.25) is 0 Å². The van der Waals surface area contributed by atoms with Crippen LogP contribution >= 0.6 is 0 Å². The Kier molecular flexibility index (Phi) is 6.90. The smallest absolute Gasteiger partial charge is 0.417 e. The summed E-state index contributed by atoms with van der Waals surface area (Å²) in [6.45, 7) is 3.59. The molecule has 3 aromatic rings. The number of fused-ring (bicyclic) bond motifs is 1. The maximum atomic E-state index is 13.5. The number of amides is 1. The zero-order valence-electron chi connectivity index (χ0n) is 19.7. The predicted molar refractivity (Wildman–Crippen MR) is 128 cm³/mol. The number of alkyl halides is 3. The Hall–Kier alpha value is -3.66. The minimum absolute atomic E-state index is 0.0162. The molecule has 0 saturated carbocycles. The first-order valence-electron chi connectivity index (χ1n) is 11.5. The number of halogens is 3. The minimum atomic E-state index is -4.58. The molecule has 0 radical (unpaired) electrons. The number of ether oxygens (including phenoxy) is 1. The third-order valence-corrected chi connectivity index (χ3v) is 6.40. The second-order valence-corrected chi connectivity index (χ2v) is 9.30. The fourth-order valence-corrected chi connectivity index (χ4v) is 4.31. The predicted octanol–water partition coefficient (Wildman–Crippen LogP) is 3.71. The summed E-state index contributed by atoms with van der Waals surface area (Å²) in [4.78, 5) is 40.0. The summed E-state index contributed by atoms with van der Waals surface area (Å²) in [5.41, 5.74) is 4.88. The van der Waals surface area contributed by atoms with Crippen LogP contribution in [0.25, 0.3) is 22.0 Å². The maximum Gasteiger partial charge on any atom is 0.417 e. The maximum absolute atomic E-state index is 13.5. The lowest BCUT2D eigenvalue weighted by molar-refractivity contribution is -0.147. The van der Waals surface area contributed by atoms with Gasteiger partial charge >= 0.3 is 12.1 Å². The van der Waals surface area contributed by atoms with Crippen molar-refractivity contribution in [2.75, 3.05) is 6.61 Å². The molecule has 4 rings (SSSR count). The zero-order valence-corrected chi connectivity index (χ0v) is 19.7. The summed E-state index contributed by atoms with van der Waals surface area (Å²) in [5.74, 6) is -1.46. The van der Waals surface area contributed by atoms with Gasteiger partial charge in [0, 0.05) is 16.6 Å². The first-order valence-corrected chi connectivity index (χ1v) is 11.5. The van der Waals surface area contributed by atoms with Crippen molar-refractivity contribution >= 4 is 22.6 Å². The largest absolute Gasteiger partial charge is 0.462 e. The summed E-state index contributed by atoms with van der Waals surface area (Å²) in [5, 5.41) is 3.49. The molecule has 1 aromatic heterocycles. The SMILES string of the molecule is CC(C)[C@H](N)C(=O)OCC1C[C@@H](c2ccc3cc(-c4ccccc4C(F)(F)F)[nH]c(=O)c3c2)C(=O)N1. The molecule has 36 heavy (non-hydrogen) atoms. The summed E-state index contributed by atoms with van der Waals surface area (Å²) < 4.78 is 45.6. The van der Waals surface area contributed by atoms with Crippen molar-refractivity contribution in [3.8, 4) is 11.3 Å². The van der Waals surface area contributed by atoms with Gasteiger partial charge in [-0.25, -0.2) is 0 Å². The van der Waals surface area contributed by atoms with Crippen LogP contribution < -0.4 is 16.6 Å². The number of benzene rings is 2. The Bertz CT molecular complexity index is 1370. The molecular formula is C26H26F3N3O4. The van der Waals surface area contributed by atoms with Crippen molar-refractivity contribution < 1.29 is 27.5 Å². The molecule has 1 saturated heterocycles. The van der Waals surface area contributed by atoms with E-state index in [9.17, 15) is 27.6 Å². The van der Waals surface area contributed by atoms with E-state index in [2.05, 4.69) is 10.3 Å². The first kappa shape index (κ1) is 25.4. The highest BCUT2D eigenvalue weighted by Gasteiger charge is 2.35. The van der Waals surface area contributed by atoms with Crippen molar-refractivity contribution in [1.82, 2.24) is 10.3 Å². The van der Waals surface area contributed by atoms with Gasteiger partial charge in [0.05, 0.1) is 17.5 Å². The monoisotopic (exact) mass is 501 g/mol. The van der Waals surface area contributed by atoms with Gasteiger partial charge in [-0.1, -0.05) is 44.2 Å². The second kappa shape index (κ2) is 9.77. The van der Waals surface area contributed by atoms with Gasteiger partial charge in [0.1, 0.15) is 12.6 Å². The standard InChI is InChI=1S/C26H26F3N3O4/c1-13(2)22(30)25(35)36-12-16-11-19(23(33)31-16)14-7-8-15-10-21(32-24(34)18(15)9-14)17-5-3-4-6-20(17)26(27,28)29/h3-10,13,16,19,22H,11-12,30H2,1-2H3,(H,31,33)(H,32,34)/t16?,19-,22-/m0/s1. The van der Waals surface area contributed by atoms with E-state index < -0.39 is 41.3 Å². The molecule has 1 amide bonds. The minimum Gasteiger partial charge on any atom is -0.462 e. The topological polar surface area (TPSA) is 114 Å². The van der Waals surface area contributed by atoms with Crippen LogP contribution in [0.5, 0.6) is 0 Å². The number of hydrogen-bond acceptors (Lipinski definition) is 5. The molecular weight excluding hydrogens is 475 g/mol. The van der Waals surface area contributed by atoms with E-state index in [1.165, 1.54) is 24.3 Å². The van der Waals surface area contributed by atoms with E-state index >= 15 is 0 Å². The second-order valence-electron chi connectivity index (χ2n) is 9.30. The number of nitrogens with two attached hydrogens (primary N) is 1. The third kappa shape index (κ3) is 5.13. The normalized spacial score (nSPS) is 18.9. The van der Waals surface area contributed by atoms with Crippen LogP contribution in [-0.4, -0.2) is 35.6 Å². The number of H-pyrrole nitrogens is 1. The number of pyridine rings is 1. The fraction of sp³-hybridized carbons (Fsp3) is 0.346. The Morgan fingerprint density at radius 1 is 1.14 bits per heavy atom. The molecule has 0 bridgehead atoms. The molecule has 10 heteroatoms. The quantitative estimate of drug-likeness (QED) is 0.446. The highest BCUT2D eigenvalue weighted by molar-refractivity contribution is 5.90. The van der Waals surface area contributed by atoms with Gasteiger partial charge in [-0.3, -0.25) is 14.4 Å². The van der Waals surface area contributed by atoms with Crippen molar-refractivity contribution in [2.45, 2.75) is 44.4 Å². The molecule has 0 spiro atoms. The van der Waals surface area contributed by atoms with Gasteiger partial charge in [0.25, 0.3) is 5.56 Å². The molecule has 1 aliphatic heterocycles. The van der Waals surface area contributed by atoms with Crippen LogP contribution in [0.4, 0.5) is 13.2 Å². The molecule has 7 nitrogen and oxygen atoms in total. The molecule has 1 unspecified atom stereocenters. The molecule has 2 heterocycles. The number of rotatable bonds is 6. The van der Waals surface area contributed by atoms with E-state index in [4.69, 9.17) is 10.5 Å². The number of aromatic amines is 1. The van der Waals surface area contributed by atoms with Crippen molar-refractivity contribution in [1.29, 1.82) is 0 Å². The van der Waals surface area contributed by atoms with Gasteiger partial charge in [-0.15, -0.1) is 0 Å². The Morgan fingerprint density at radius 3 is 2.56 bits per heavy atom. The van der Waals surface area contributed by atoms with Crippen molar-refractivity contribution in [3.63, 3.8) is 0 Å². The van der Waals surface area contributed by atoms with Crippen LogP contribution in [0.15, 0.2) is 53.3 Å². The number of esters is 1. The van der Waals surface area contributed by atoms with Gasteiger partial charge in [0.15, 0.2) is 0 Å². The van der Waals surface area contributed by atoms with Gasteiger partial charge in [-0.2, -0.15) is 13.2 Å². The average Bonchev–Trinajstić information content (AvgIpc) is 3.21. The Balaban J connectivity index is 1.57. The third-order valence-electron chi connectivity index (χ3n) is 6.40. The average molecular weight is 502 g/mol. The lowest BCUT2D eigenvalue weighted by atomic mass is 9.93. The Morgan fingerprint density at radius 2 is 1.86 bits per heavy atom. The summed E-state index contributed by atoms with van der Waals surface area (Å²) in [7, 11) is 0. The number of aromatic nitrogens is 1. The van der Waals surface area contributed by atoms with E-state index in [-0.39, 0.29) is 35.1 Å². The molecule has 4 N–H and O–H groups in total. The van der Waals surface area contributed by atoms with Crippen LogP contribution in [-0.2, 0) is 20.5 Å². The fourth-order valence-electron chi connectivity index (χ4n) is 4.31. The summed E-state index contributed by atoms with van der Waals surface area (Å²) in [6.07, 6.45) is -4.23. The summed E-state index contributed by atoms with van der Waals surface area (Å²) >= 11 is 0. The lowest BCUT2D eigenvalue weighted by Crippen LogP contribution is -2.39. The van der Waals surface area contributed by atoms with Crippen LogP contribution in [0, 0.1) is 5.92 Å². The molecule has 190 valence electrons. The zero-order chi connectivity index (χ0) is 26.2. The van der Waals surface area contributed by atoms with E-state index in [0.29, 0.717) is 17.4 Å². The molecule has 2 aromatic carbocycles. The van der Waals surface area contributed by atoms with E-state index in [0.717, 1.165) is 6.07 Å².